The first-order valence-corrected chi connectivity index (χ1v) is 18.1. The van der Waals surface area contributed by atoms with E-state index in [1.807, 2.05) is 6.92 Å². The summed E-state index contributed by atoms with van der Waals surface area (Å²) in [5.41, 5.74) is 0. The van der Waals surface area contributed by atoms with Crippen LogP contribution in [0.2, 0.25) is 24.7 Å². The highest BCUT2D eigenvalue weighted by molar-refractivity contribution is 6.99. The third-order valence-corrected chi connectivity index (χ3v) is 12.7. The normalized spacial score (nSPS) is 16.5. The van der Waals surface area contributed by atoms with Crippen LogP contribution in [0.25, 0.3) is 0 Å². The summed E-state index contributed by atoms with van der Waals surface area (Å²) in [5.74, 6) is -0.0858. The second-order valence-electron chi connectivity index (χ2n) is 11.7. The molecule has 0 N–H and O–H groups in total. The van der Waals surface area contributed by atoms with Crippen LogP contribution in [0.5, 0.6) is 0 Å². The molecule has 0 saturated heterocycles. The number of aldehydes is 1. The molecule has 34 heavy (non-hydrogen) atoms. The zero-order chi connectivity index (χ0) is 25.6. The van der Waals surface area contributed by atoms with Crippen LogP contribution < -0.4 is 10.4 Å². The van der Waals surface area contributed by atoms with Crippen molar-refractivity contribution in [1.29, 1.82) is 0 Å². The molecule has 0 spiro atoms. The van der Waals surface area contributed by atoms with Crippen LogP contribution in [-0.4, -0.2) is 35.1 Å². The van der Waals surface area contributed by atoms with Crippen LogP contribution in [0.1, 0.15) is 54.4 Å². The van der Waals surface area contributed by atoms with Crippen molar-refractivity contribution in [3.05, 3.63) is 60.7 Å². The van der Waals surface area contributed by atoms with Crippen molar-refractivity contribution in [2.75, 3.05) is 0 Å². The Morgan fingerprint density at radius 1 is 0.853 bits per heavy atom. The van der Waals surface area contributed by atoms with Gasteiger partial charge in [-0.2, -0.15) is 0 Å². The smallest absolute Gasteiger partial charge is 0.261 e. The van der Waals surface area contributed by atoms with Crippen LogP contribution in [0.15, 0.2) is 60.7 Å². The molecular weight excluding hydrogens is 452 g/mol. The summed E-state index contributed by atoms with van der Waals surface area (Å²) < 4.78 is 14.2. The lowest BCUT2D eigenvalue weighted by molar-refractivity contribution is -0.115. The molecule has 4 atom stereocenters. The van der Waals surface area contributed by atoms with Crippen molar-refractivity contribution in [3.63, 3.8) is 0 Å². The number of rotatable bonds is 12. The topological polar surface area (TPSA) is 35.5 Å². The van der Waals surface area contributed by atoms with Gasteiger partial charge in [0, 0.05) is 11.8 Å². The number of benzene rings is 2. The van der Waals surface area contributed by atoms with Gasteiger partial charge in [-0.15, -0.1) is 0 Å². The zero-order valence-corrected chi connectivity index (χ0v) is 24.8. The summed E-state index contributed by atoms with van der Waals surface area (Å²) in [4.78, 5) is 11.9. The fraction of sp³-hybridized carbons (Fsp3) is 0.552. The minimum absolute atomic E-state index is 0.0138. The average molecular weight is 499 g/mol. The van der Waals surface area contributed by atoms with Gasteiger partial charge in [0.25, 0.3) is 8.32 Å². The molecule has 0 heterocycles. The molecule has 5 heteroatoms. The Kier molecular flexibility index (Phi) is 10.1. The standard InChI is InChI=1S/C29H46O3Si2/c1-10-17-27(24(3)28(23(2)22-30)32-33(7,8)9)31-34(29(4,5)6,25-18-13-11-14-19-25)26-20-15-12-16-21-26/h11-16,18-24,27-28H,10,17H2,1-9H3/t23-,24-,27+,28+/m0/s1. The summed E-state index contributed by atoms with van der Waals surface area (Å²) in [7, 11) is -4.55. The largest absolute Gasteiger partial charge is 0.414 e. The summed E-state index contributed by atoms with van der Waals surface area (Å²) >= 11 is 0. The van der Waals surface area contributed by atoms with Crippen molar-refractivity contribution < 1.29 is 13.6 Å². The third-order valence-electron chi connectivity index (χ3n) is 6.65. The predicted octanol–water partition coefficient (Wildman–Crippen LogP) is 6.42. The molecule has 2 aromatic carbocycles. The Bertz CT molecular complexity index is 832. The SMILES string of the molecule is CCC[C@@H](O[Si](c1ccccc1)(c1ccccc1)C(C)(C)C)[C@H](C)[C@H](O[Si](C)(C)C)[C@@H](C)C=O. The highest BCUT2D eigenvalue weighted by Gasteiger charge is 2.52. The molecule has 0 amide bonds. The van der Waals surface area contributed by atoms with Crippen LogP contribution in [0.3, 0.4) is 0 Å². The molecule has 0 radical (unpaired) electrons. The van der Waals surface area contributed by atoms with E-state index in [0.717, 1.165) is 19.1 Å². The maximum atomic E-state index is 11.9. The van der Waals surface area contributed by atoms with Gasteiger partial charge in [-0.3, -0.25) is 0 Å². The molecule has 2 aromatic rings. The van der Waals surface area contributed by atoms with Gasteiger partial charge in [-0.1, -0.05) is 109 Å². The van der Waals surface area contributed by atoms with E-state index in [1.54, 1.807) is 0 Å². The fourth-order valence-electron chi connectivity index (χ4n) is 5.02. The van der Waals surface area contributed by atoms with Gasteiger partial charge < -0.3 is 13.6 Å². The summed E-state index contributed by atoms with van der Waals surface area (Å²) in [6.45, 7) is 20.0. The molecule has 0 aliphatic rings. The molecule has 0 aromatic heterocycles. The number of hydrogen-bond acceptors (Lipinski definition) is 3. The lowest BCUT2D eigenvalue weighted by atomic mass is 9.88. The van der Waals surface area contributed by atoms with Gasteiger partial charge in [0.05, 0.1) is 12.2 Å². The average Bonchev–Trinajstić information content (AvgIpc) is 2.79. The molecule has 0 aliphatic carbocycles. The lowest BCUT2D eigenvalue weighted by Crippen LogP contribution is -2.68. The van der Waals surface area contributed by atoms with Gasteiger partial charge in [-0.25, -0.2) is 0 Å². The van der Waals surface area contributed by atoms with Gasteiger partial charge >= 0.3 is 0 Å². The van der Waals surface area contributed by atoms with Crippen LogP contribution in [0.4, 0.5) is 0 Å². The van der Waals surface area contributed by atoms with Crippen LogP contribution in [0, 0.1) is 11.8 Å². The fourth-order valence-corrected chi connectivity index (χ4v) is 11.1. The maximum absolute atomic E-state index is 11.9. The Hall–Kier alpha value is -1.54. The number of carbonyl (C=O) groups is 1. The molecule has 188 valence electrons. The zero-order valence-electron chi connectivity index (χ0n) is 22.8. The van der Waals surface area contributed by atoms with Crippen LogP contribution in [-0.2, 0) is 13.6 Å². The van der Waals surface area contributed by atoms with E-state index in [9.17, 15) is 4.79 Å². The highest BCUT2D eigenvalue weighted by atomic mass is 28.4. The minimum atomic E-state index is -2.69. The van der Waals surface area contributed by atoms with Crippen molar-refractivity contribution in [2.24, 2.45) is 11.8 Å². The van der Waals surface area contributed by atoms with Gasteiger partial charge in [0.2, 0.25) is 0 Å². The number of hydrogen-bond donors (Lipinski definition) is 0. The molecule has 0 bridgehead atoms. The minimum Gasteiger partial charge on any atom is -0.414 e. The van der Waals surface area contributed by atoms with E-state index in [4.69, 9.17) is 8.85 Å². The highest BCUT2D eigenvalue weighted by Crippen LogP contribution is 2.40. The van der Waals surface area contributed by atoms with E-state index >= 15 is 0 Å². The summed E-state index contributed by atoms with van der Waals surface area (Å²) in [5, 5.41) is 2.48. The predicted molar refractivity (Wildman–Crippen MR) is 150 cm³/mol. The van der Waals surface area contributed by atoms with Crippen molar-refractivity contribution >= 4 is 33.3 Å². The Labute approximate surface area is 210 Å². The second-order valence-corrected chi connectivity index (χ2v) is 20.4. The summed E-state index contributed by atoms with van der Waals surface area (Å²) in [6.07, 6.45) is 2.83. The molecule has 0 unspecified atom stereocenters. The molecule has 0 fully saturated rings. The Morgan fingerprint density at radius 2 is 1.32 bits per heavy atom. The first-order chi connectivity index (χ1) is 15.9. The molecule has 3 nitrogen and oxygen atoms in total. The van der Waals surface area contributed by atoms with E-state index in [2.05, 4.69) is 115 Å². The van der Waals surface area contributed by atoms with Gasteiger partial charge in [0.1, 0.15) is 6.29 Å². The van der Waals surface area contributed by atoms with E-state index in [-0.39, 0.29) is 29.1 Å². The molecule has 0 aliphatic heterocycles. The first kappa shape index (κ1) is 28.7. The van der Waals surface area contributed by atoms with E-state index < -0.39 is 16.6 Å². The lowest BCUT2D eigenvalue weighted by Gasteiger charge is -2.47. The third kappa shape index (κ3) is 6.78. The van der Waals surface area contributed by atoms with E-state index in [0.29, 0.717) is 0 Å². The Morgan fingerprint density at radius 3 is 1.68 bits per heavy atom. The van der Waals surface area contributed by atoms with Crippen molar-refractivity contribution in [3.8, 4) is 0 Å². The monoisotopic (exact) mass is 498 g/mol. The summed E-state index contributed by atoms with van der Waals surface area (Å²) in [6, 6.07) is 21.6. The molecule has 2 rings (SSSR count). The van der Waals surface area contributed by atoms with Gasteiger partial charge in [0.15, 0.2) is 8.32 Å². The quantitative estimate of drug-likeness (QED) is 0.250. The van der Waals surface area contributed by atoms with E-state index in [1.165, 1.54) is 10.4 Å². The van der Waals surface area contributed by atoms with Crippen molar-refractivity contribution in [1.82, 2.24) is 0 Å². The maximum Gasteiger partial charge on any atom is 0.261 e. The molecule has 0 saturated carbocycles. The van der Waals surface area contributed by atoms with Crippen LogP contribution >= 0.6 is 0 Å². The Balaban J connectivity index is 2.67. The molecular formula is C29H46O3Si2. The van der Waals surface area contributed by atoms with Gasteiger partial charge in [-0.05, 0) is 41.5 Å². The number of carbonyl (C=O) groups excluding carboxylic acids is 1. The first-order valence-electron chi connectivity index (χ1n) is 12.8. The van der Waals surface area contributed by atoms with Crippen molar-refractivity contribution in [2.45, 2.75) is 91.3 Å². The second kappa shape index (κ2) is 11.9.